The minimum atomic E-state index is -1.22. The van der Waals surface area contributed by atoms with E-state index >= 15 is 0 Å². The van der Waals surface area contributed by atoms with Crippen molar-refractivity contribution in [2.24, 2.45) is 0 Å². The number of rotatable bonds is 8. The van der Waals surface area contributed by atoms with Gasteiger partial charge in [0.2, 0.25) is 0 Å². The van der Waals surface area contributed by atoms with Gasteiger partial charge in [-0.3, -0.25) is 0 Å². The quantitative estimate of drug-likeness (QED) is 0.242. The topological polar surface area (TPSA) is 127 Å². The van der Waals surface area contributed by atoms with Gasteiger partial charge in [-0.2, -0.15) is 0 Å². The van der Waals surface area contributed by atoms with Crippen molar-refractivity contribution in [1.82, 2.24) is 5.32 Å². The first-order valence-corrected chi connectivity index (χ1v) is 6.22. The van der Waals surface area contributed by atoms with Crippen LogP contribution in [-0.4, -0.2) is 58.7 Å². The van der Waals surface area contributed by atoms with E-state index in [-0.39, 0.29) is 24.4 Å². The van der Waals surface area contributed by atoms with Crippen LogP contribution in [-0.2, 0) is 9.59 Å². The molecular formula is C13H23NO6. The number of hydrogen-bond donors (Lipinski definition) is 5. The third-order valence-corrected chi connectivity index (χ3v) is 2.03. The lowest BCUT2D eigenvalue weighted by Gasteiger charge is -2.01. The fraction of sp³-hybridized carbons (Fsp3) is 0.538. The number of allylic oxidation sites excluding steroid dienone is 2. The van der Waals surface area contributed by atoms with Gasteiger partial charge in [-0.1, -0.05) is 19.1 Å². The van der Waals surface area contributed by atoms with E-state index in [9.17, 15) is 9.59 Å². The molecule has 7 heteroatoms. The maximum Gasteiger partial charge on any atom is 0.336 e. The van der Waals surface area contributed by atoms with Crippen molar-refractivity contribution < 1.29 is 30.0 Å². The summed E-state index contributed by atoms with van der Waals surface area (Å²) in [5.74, 6) is -2.43. The second-order valence-electron chi connectivity index (χ2n) is 3.54. The zero-order valence-corrected chi connectivity index (χ0v) is 11.8. The third kappa shape index (κ3) is 10.2. The van der Waals surface area contributed by atoms with Gasteiger partial charge in [-0.25, -0.2) is 9.59 Å². The molecule has 0 saturated carbocycles. The summed E-state index contributed by atoms with van der Waals surface area (Å²) in [5, 5.41) is 36.4. The Morgan fingerprint density at radius 2 is 1.45 bits per heavy atom. The number of carbonyl (C=O) groups is 2. The second kappa shape index (κ2) is 13.7. The summed E-state index contributed by atoms with van der Waals surface area (Å²) < 4.78 is 0. The fourth-order valence-corrected chi connectivity index (χ4v) is 1.19. The van der Waals surface area contributed by atoms with Gasteiger partial charge < -0.3 is 25.7 Å². The van der Waals surface area contributed by atoms with E-state index in [0.717, 1.165) is 0 Å². The van der Waals surface area contributed by atoms with Crippen LogP contribution in [0.15, 0.2) is 23.3 Å². The first-order chi connectivity index (χ1) is 9.45. The molecule has 20 heavy (non-hydrogen) atoms. The molecule has 0 aromatic heterocycles. The van der Waals surface area contributed by atoms with Crippen LogP contribution in [0.2, 0.25) is 0 Å². The Balaban J connectivity index is 0. The van der Waals surface area contributed by atoms with E-state index < -0.39 is 11.9 Å². The predicted molar refractivity (Wildman–Crippen MR) is 74.4 cm³/mol. The van der Waals surface area contributed by atoms with Crippen LogP contribution >= 0.6 is 0 Å². The van der Waals surface area contributed by atoms with Crippen LogP contribution in [0.3, 0.4) is 0 Å². The highest BCUT2D eigenvalue weighted by molar-refractivity contribution is 6.05. The number of aliphatic hydroxyl groups excluding tert-OH is 2. The molecule has 0 unspecified atom stereocenters. The molecule has 0 aliphatic carbocycles. The molecule has 0 fully saturated rings. The first kappa shape index (κ1) is 20.6. The maximum atomic E-state index is 10.6. The highest BCUT2D eigenvalue weighted by Gasteiger charge is 2.17. The van der Waals surface area contributed by atoms with Gasteiger partial charge in [0.1, 0.15) is 0 Å². The minimum Gasteiger partial charge on any atom is -0.478 e. The van der Waals surface area contributed by atoms with Gasteiger partial charge in [-0.15, -0.1) is 0 Å². The van der Waals surface area contributed by atoms with Crippen molar-refractivity contribution in [3.05, 3.63) is 23.3 Å². The molecule has 7 nitrogen and oxygen atoms in total. The molecule has 0 rings (SSSR count). The summed E-state index contributed by atoms with van der Waals surface area (Å²) in [6.07, 6.45) is 3.15. The first-order valence-electron chi connectivity index (χ1n) is 6.22. The lowest BCUT2D eigenvalue weighted by Crippen LogP contribution is -2.21. The molecule has 0 bridgehead atoms. The summed E-state index contributed by atoms with van der Waals surface area (Å²) in [7, 11) is 0. The zero-order valence-electron chi connectivity index (χ0n) is 11.8. The molecule has 0 atom stereocenters. The lowest BCUT2D eigenvalue weighted by atomic mass is 10.1. The summed E-state index contributed by atoms with van der Waals surface area (Å²) in [6.45, 7) is 4.66. The zero-order chi connectivity index (χ0) is 16.0. The Morgan fingerprint density at radius 1 is 1.00 bits per heavy atom. The van der Waals surface area contributed by atoms with Crippen LogP contribution in [0.1, 0.15) is 20.3 Å². The van der Waals surface area contributed by atoms with Gasteiger partial charge >= 0.3 is 11.9 Å². The Morgan fingerprint density at radius 3 is 1.70 bits per heavy atom. The van der Waals surface area contributed by atoms with Gasteiger partial charge in [0.15, 0.2) is 0 Å². The van der Waals surface area contributed by atoms with E-state index in [1.807, 2.05) is 0 Å². The molecule has 0 aromatic rings. The highest BCUT2D eigenvalue weighted by atomic mass is 16.4. The summed E-state index contributed by atoms with van der Waals surface area (Å²) in [4.78, 5) is 21.2. The molecule has 0 radical (unpaired) electrons. The van der Waals surface area contributed by atoms with E-state index in [0.29, 0.717) is 19.5 Å². The SMILES string of the molecule is CC=C(C(=O)O)C(=CCC)C(=O)O.OCCNCCO. The molecule has 0 aliphatic rings. The molecular weight excluding hydrogens is 266 g/mol. The monoisotopic (exact) mass is 289 g/mol. The standard InChI is InChI=1S/C9H12O4.C4H11NO2/c1-3-5-7(9(12)13)6(4-2)8(10)11;6-3-1-5-2-4-7/h4-5H,3H2,1-2H3,(H,10,11)(H,12,13);5-7H,1-4H2. The predicted octanol–water partition coefficient (Wildman–Crippen LogP) is -0.00110. The molecule has 0 heterocycles. The van der Waals surface area contributed by atoms with Gasteiger partial charge in [-0.05, 0) is 13.3 Å². The molecule has 5 N–H and O–H groups in total. The number of hydrogen-bond acceptors (Lipinski definition) is 5. The van der Waals surface area contributed by atoms with Crippen LogP contribution in [0, 0.1) is 0 Å². The Labute approximate surface area is 118 Å². The number of carboxylic acids is 2. The van der Waals surface area contributed by atoms with E-state index in [1.165, 1.54) is 19.1 Å². The lowest BCUT2D eigenvalue weighted by molar-refractivity contribution is -0.136. The van der Waals surface area contributed by atoms with Crippen LogP contribution < -0.4 is 5.32 Å². The van der Waals surface area contributed by atoms with Crippen molar-refractivity contribution in [1.29, 1.82) is 0 Å². The number of aliphatic hydroxyl groups is 2. The molecule has 0 aliphatic heterocycles. The van der Waals surface area contributed by atoms with E-state index in [1.54, 1.807) is 6.92 Å². The Hall–Kier alpha value is -1.70. The molecule has 0 aromatic carbocycles. The Bertz CT molecular complexity index is 345. The minimum absolute atomic E-state index is 0.139. The van der Waals surface area contributed by atoms with Crippen molar-refractivity contribution in [3.63, 3.8) is 0 Å². The molecule has 116 valence electrons. The van der Waals surface area contributed by atoms with E-state index in [2.05, 4.69) is 5.32 Å². The largest absolute Gasteiger partial charge is 0.478 e. The smallest absolute Gasteiger partial charge is 0.336 e. The van der Waals surface area contributed by atoms with Gasteiger partial charge in [0.25, 0.3) is 0 Å². The van der Waals surface area contributed by atoms with Gasteiger partial charge in [0.05, 0.1) is 24.4 Å². The van der Waals surface area contributed by atoms with Crippen molar-refractivity contribution >= 4 is 11.9 Å². The van der Waals surface area contributed by atoms with Crippen molar-refractivity contribution in [2.75, 3.05) is 26.3 Å². The average Bonchev–Trinajstić information content (AvgIpc) is 2.39. The van der Waals surface area contributed by atoms with Crippen molar-refractivity contribution in [2.45, 2.75) is 20.3 Å². The number of nitrogens with one attached hydrogen (secondary N) is 1. The van der Waals surface area contributed by atoms with Crippen molar-refractivity contribution in [3.8, 4) is 0 Å². The average molecular weight is 289 g/mol. The third-order valence-electron chi connectivity index (χ3n) is 2.03. The van der Waals surface area contributed by atoms with Crippen LogP contribution in [0.4, 0.5) is 0 Å². The van der Waals surface area contributed by atoms with Gasteiger partial charge in [0, 0.05) is 13.1 Å². The highest BCUT2D eigenvalue weighted by Crippen LogP contribution is 2.11. The Kier molecular flexibility index (Phi) is 14.1. The summed E-state index contributed by atoms with van der Waals surface area (Å²) in [5.41, 5.74) is -0.327. The number of aliphatic carboxylic acids is 2. The molecule has 0 saturated heterocycles. The maximum absolute atomic E-state index is 10.6. The molecule has 0 spiro atoms. The fourth-order valence-electron chi connectivity index (χ4n) is 1.19. The summed E-state index contributed by atoms with van der Waals surface area (Å²) in [6, 6.07) is 0. The second-order valence-corrected chi connectivity index (χ2v) is 3.54. The van der Waals surface area contributed by atoms with Crippen LogP contribution in [0.5, 0.6) is 0 Å². The normalized spacial score (nSPS) is 11.6. The molecule has 0 amide bonds. The van der Waals surface area contributed by atoms with E-state index in [4.69, 9.17) is 20.4 Å². The number of carboxylic acid groups (broad SMARTS) is 2. The van der Waals surface area contributed by atoms with Crippen LogP contribution in [0.25, 0.3) is 0 Å². The summed E-state index contributed by atoms with van der Waals surface area (Å²) >= 11 is 0.